The smallest absolute Gasteiger partial charge is 0.326 e. The zero-order chi connectivity index (χ0) is 41.5. The predicted octanol–water partition coefficient (Wildman–Crippen LogP) is -3.08. The first kappa shape index (κ1) is 43.6. The van der Waals surface area contributed by atoms with Crippen molar-refractivity contribution in [2.45, 2.75) is 68.7 Å². The second-order valence-corrected chi connectivity index (χ2v) is 12.8. The van der Waals surface area contributed by atoms with Crippen molar-refractivity contribution >= 4 is 53.4 Å². The summed E-state index contributed by atoms with van der Waals surface area (Å²) in [5.41, 5.74) is 6.43. The molecule has 302 valence electrons. The van der Waals surface area contributed by atoms with E-state index in [2.05, 4.69) is 26.6 Å². The van der Waals surface area contributed by atoms with Gasteiger partial charge in [0.2, 0.25) is 35.4 Å². The van der Waals surface area contributed by atoms with Crippen molar-refractivity contribution in [1.29, 1.82) is 0 Å². The molecule has 21 nitrogen and oxygen atoms in total. The molecule has 3 rings (SSSR count). The van der Waals surface area contributed by atoms with Gasteiger partial charge in [0.15, 0.2) is 0 Å². The molecule has 1 saturated heterocycles. The van der Waals surface area contributed by atoms with Gasteiger partial charge < -0.3 is 62.8 Å². The van der Waals surface area contributed by atoms with Crippen molar-refractivity contribution in [3.63, 3.8) is 0 Å². The lowest BCUT2D eigenvalue weighted by molar-refractivity contribution is -0.148. The summed E-state index contributed by atoms with van der Waals surface area (Å²) in [4.78, 5) is 114. The van der Waals surface area contributed by atoms with Crippen LogP contribution in [0.5, 0.6) is 11.5 Å². The quantitative estimate of drug-likeness (QED) is 0.0634. The van der Waals surface area contributed by atoms with Crippen molar-refractivity contribution in [1.82, 2.24) is 31.5 Å². The van der Waals surface area contributed by atoms with Gasteiger partial charge in [-0.25, -0.2) is 4.79 Å². The third-order valence-corrected chi connectivity index (χ3v) is 8.48. The second-order valence-electron chi connectivity index (χ2n) is 12.8. The van der Waals surface area contributed by atoms with Gasteiger partial charge in [-0.1, -0.05) is 24.3 Å². The fraction of sp³-hybridized carbons (Fsp3) is 0.400. The fourth-order valence-corrected chi connectivity index (χ4v) is 5.59. The van der Waals surface area contributed by atoms with Crippen molar-refractivity contribution in [2.24, 2.45) is 5.73 Å². The molecule has 21 heteroatoms. The Morgan fingerprint density at radius 1 is 0.643 bits per heavy atom. The maximum atomic E-state index is 13.6. The first-order valence-corrected chi connectivity index (χ1v) is 17.2. The van der Waals surface area contributed by atoms with E-state index in [9.17, 15) is 63.6 Å². The van der Waals surface area contributed by atoms with Gasteiger partial charge in [0.05, 0.1) is 32.0 Å². The van der Waals surface area contributed by atoms with E-state index in [1.165, 1.54) is 48.5 Å². The van der Waals surface area contributed by atoms with Gasteiger partial charge >= 0.3 is 17.9 Å². The van der Waals surface area contributed by atoms with Crippen LogP contribution in [0.15, 0.2) is 48.5 Å². The monoisotopic (exact) mass is 785 g/mol. The van der Waals surface area contributed by atoms with Gasteiger partial charge in [-0.15, -0.1) is 0 Å². The van der Waals surface area contributed by atoms with E-state index in [0.29, 0.717) is 17.5 Å². The lowest BCUT2D eigenvalue weighted by Crippen LogP contribution is -2.59. The third-order valence-electron chi connectivity index (χ3n) is 8.48. The Morgan fingerprint density at radius 3 is 1.64 bits per heavy atom. The SMILES string of the molecule is N[C@@H](CC(=O)O)C(=O)N[C@@H](Cc1ccc(O)cc1)C(=O)N[C@@H](CC(=O)O)C(=O)N[C@@H](Cc1ccc(O)cc1)C(=O)NCC(=O)NCC(=O)N1CCC[C@H]1C(=O)O. The molecule has 0 aromatic heterocycles. The minimum atomic E-state index is -1.86. The van der Waals surface area contributed by atoms with Gasteiger partial charge in [0.25, 0.3) is 0 Å². The number of carboxylic acid groups (broad SMARTS) is 3. The molecule has 0 saturated carbocycles. The number of benzene rings is 2. The molecule has 0 unspecified atom stereocenters. The van der Waals surface area contributed by atoms with E-state index in [-0.39, 0.29) is 37.3 Å². The van der Waals surface area contributed by atoms with Crippen LogP contribution in [-0.4, -0.2) is 134 Å². The first-order valence-electron chi connectivity index (χ1n) is 17.2. The van der Waals surface area contributed by atoms with Crippen molar-refractivity contribution in [2.75, 3.05) is 19.6 Å². The highest BCUT2D eigenvalue weighted by Crippen LogP contribution is 2.17. The maximum Gasteiger partial charge on any atom is 0.326 e. The Labute approximate surface area is 318 Å². The number of hydrogen-bond donors (Lipinski definition) is 11. The highest BCUT2D eigenvalue weighted by molar-refractivity contribution is 5.97. The summed E-state index contributed by atoms with van der Waals surface area (Å²) in [6.07, 6.45) is -1.62. The number of aliphatic carboxylic acids is 3. The van der Waals surface area contributed by atoms with E-state index in [4.69, 9.17) is 10.8 Å². The molecule has 5 atom stereocenters. The van der Waals surface area contributed by atoms with E-state index in [1.807, 2.05) is 0 Å². The molecule has 1 aliphatic heterocycles. The normalized spacial score (nSPS) is 15.6. The number of aromatic hydroxyl groups is 2. The van der Waals surface area contributed by atoms with Gasteiger partial charge in [-0.3, -0.25) is 38.4 Å². The number of phenolic OH excluding ortho intramolecular Hbond substituents is 2. The lowest BCUT2D eigenvalue weighted by Gasteiger charge is -2.25. The van der Waals surface area contributed by atoms with Gasteiger partial charge in [-0.05, 0) is 48.2 Å². The Kier molecular flexibility index (Phi) is 16.1. The van der Waals surface area contributed by atoms with Crippen LogP contribution in [0.2, 0.25) is 0 Å². The molecule has 0 spiro atoms. The third kappa shape index (κ3) is 13.9. The summed E-state index contributed by atoms with van der Waals surface area (Å²) >= 11 is 0. The van der Waals surface area contributed by atoms with Gasteiger partial charge in [0, 0.05) is 19.4 Å². The molecule has 12 N–H and O–H groups in total. The number of amides is 6. The Balaban J connectivity index is 1.76. The molecule has 1 aliphatic rings. The summed E-state index contributed by atoms with van der Waals surface area (Å²) in [6, 6.07) is 3.30. The van der Waals surface area contributed by atoms with Crippen LogP contribution in [0.4, 0.5) is 0 Å². The zero-order valence-corrected chi connectivity index (χ0v) is 29.8. The molecule has 56 heavy (non-hydrogen) atoms. The average Bonchev–Trinajstić information content (AvgIpc) is 3.64. The minimum absolute atomic E-state index is 0.115. The molecule has 2 aromatic rings. The number of likely N-dealkylation sites (tertiary alicyclic amines) is 1. The van der Waals surface area contributed by atoms with Crippen molar-refractivity contribution < 1.29 is 68.7 Å². The summed E-state index contributed by atoms with van der Waals surface area (Å²) in [5, 5.41) is 58.7. The molecule has 6 amide bonds. The van der Waals surface area contributed by atoms with Crippen LogP contribution in [0.1, 0.15) is 36.8 Å². The van der Waals surface area contributed by atoms with E-state index in [0.717, 1.165) is 4.90 Å². The van der Waals surface area contributed by atoms with Crippen LogP contribution < -0.4 is 32.3 Å². The molecule has 0 aliphatic carbocycles. The van der Waals surface area contributed by atoms with Gasteiger partial charge in [0.1, 0.15) is 35.7 Å². The predicted molar refractivity (Wildman–Crippen MR) is 190 cm³/mol. The largest absolute Gasteiger partial charge is 0.508 e. The second kappa shape index (κ2) is 20.6. The first-order chi connectivity index (χ1) is 26.4. The zero-order valence-electron chi connectivity index (χ0n) is 29.8. The summed E-state index contributed by atoms with van der Waals surface area (Å²) < 4.78 is 0. The Bertz CT molecular complexity index is 1790. The highest BCUT2D eigenvalue weighted by Gasteiger charge is 2.35. The number of carbonyl (C=O) groups is 9. The molecular weight excluding hydrogens is 742 g/mol. The standard InChI is InChI=1S/C35H43N7O14/c36-22(14-29(47)48)31(51)39-24(13-19-5-9-21(44)10-6-19)33(53)41-25(15-30(49)50)34(54)40-23(12-18-3-7-20(43)8-4-18)32(52)38-16-27(45)37-17-28(46)42-11-1-2-26(42)35(55)56/h3-10,22-26,43-44H,1-2,11-17,36H2,(H,37,45)(H,38,52)(H,39,51)(H,40,54)(H,41,53)(H,47,48)(H,49,50)(H,55,56)/t22-,23-,24-,25-,26-/m0/s1. The van der Waals surface area contributed by atoms with Crippen molar-refractivity contribution in [3.05, 3.63) is 59.7 Å². The highest BCUT2D eigenvalue weighted by atomic mass is 16.4. The van der Waals surface area contributed by atoms with Crippen molar-refractivity contribution in [3.8, 4) is 11.5 Å². The maximum absolute atomic E-state index is 13.6. The fourth-order valence-electron chi connectivity index (χ4n) is 5.59. The van der Waals surface area contributed by atoms with E-state index in [1.54, 1.807) is 0 Å². The number of hydrogen-bond acceptors (Lipinski definition) is 12. The van der Waals surface area contributed by atoms with Crippen LogP contribution in [0.3, 0.4) is 0 Å². The lowest BCUT2D eigenvalue weighted by atomic mass is 10.0. The number of nitrogens with two attached hydrogens (primary N) is 1. The molecule has 0 radical (unpaired) electrons. The van der Waals surface area contributed by atoms with Crippen LogP contribution in [-0.2, 0) is 56.0 Å². The van der Waals surface area contributed by atoms with Crippen LogP contribution >= 0.6 is 0 Å². The molecule has 1 fully saturated rings. The summed E-state index contributed by atoms with van der Waals surface area (Å²) in [7, 11) is 0. The Morgan fingerprint density at radius 2 is 1.12 bits per heavy atom. The summed E-state index contributed by atoms with van der Waals surface area (Å²) in [5.74, 6) is -10.1. The topological polar surface area (TPSA) is 344 Å². The number of carboxylic acids is 3. The number of phenols is 2. The average molecular weight is 786 g/mol. The van der Waals surface area contributed by atoms with E-state index < -0.39 is 109 Å². The van der Waals surface area contributed by atoms with Crippen LogP contribution in [0.25, 0.3) is 0 Å². The van der Waals surface area contributed by atoms with Crippen LogP contribution in [0, 0.1) is 0 Å². The molecule has 0 bridgehead atoms. The summed E-state index contributed by atoms with van der Waals surface area (Å²) in [6.45, 7) is -1.06. The number of nitrogens with zero attached hydrogens (tertiary/aromatic N) is 1. The van der Waals surface area contributed by atoms with Gasteiger partial charge in [-0.2, -0.15) is 0 Å². The molecular formula is C35H43N7O14. The van der Waals surface area contributed by atoms with E-state index >= 15 is 0 Å². The molecule has 2 aromatic carbocycles. The molecule has 1 heterocycles. The number of nitrogens with one attached hydrogen (secondary N) is 5. The Hall–Kier alpha value is -6.77. The number of carbonyl (C=O) groups excluding carboxylic acids is 6. The number of rotatable bonds is 20. The minimum Gasteiger partial charge on any atom is -0.508 e.